The van der Waals surface area contributed by atoms with Crippen molar-refractivity contribution in [3.05, 3.63) is 11.3 Å². The molecule has 0 amide bonds. The molecule has 1 rings (SSSR count). The Morgan fingerprint density at radius 1 is 1.40 bits per heavy atom. The molecule has 1 aromatic heterocycles. The van der Waals surface area contributed by atoms with Crippen molar-refractivity contribution < 1.29 is 21.6 Å². The summed E-state index contributed by atoms with van der Waals surface area (Å²) in [5, 5.41) is 8.85. The zero-order valence-electron chi connectivity index (χ0n) is 10.8. The van der Waals surface area contributed by atoms with E-state index in [1.807, 2.05) is 0 Å². The van der Waals surface area contributed by atoms with Gasteiger partial charge in [0.2, 0.25) is 0 Å². The first-order chi connectivity index (χ1) is 9.17. The van der Waals surface area contributed by atoms with Crippen molar-refractivity contribution in [2.45, 2.75) is 24.0 Å². The van der Waals surface area contributed by atoms with E-state index in [1.165, 1.54) is 0 Å². The predicted octanol–water partition coefficient (Wildman–Crippen LogP) is 0.969. The molecule has 1 heterocycles. The average Bonchev–Trinajstić information content (AvgIpc) is 2.67. The van der Waals surface area contributed by atoms with Gasteiger partial charge >= 0.3 is 5.51 Å². The van der Waals surface area contributed by atoms with Crippen LogP contribution in [0.5, 0.6) is 0 Å². The van der Waals surface area contributed by atoms with Crippen molar-refractivity contribution in [3.63, 3.8) is 0 Å². The van der Waals surface area contributed by atoms with Crippen LogP contribution in [-0.4, -0.2) is 43.5 Å². The second kappa shape index (κ2) is 6.78. The fourth-order valence-electron chi connectivity index (χ4n) is 1.45. The monoisotopic (exact) mass is 332 g/mol. The number of sulfonamides is 1. The van der Waals surface area contributed by atoms with Gasteiger partial charge in [0.1, 0.15) is 0 Å². The molecular weight excluding hydrogens is 317 g/mol. The first kappa shape index (κ1) is 17.3. The predicted molar refractivity (Wildman–Crippen MR) is 69.8 cm³/mol. The maximum absolute atomic E-state index is 12.0. The van der Waals surface area contributed by atoms with E-state index in [9.17, 15) is 21.6 Å². The molecule has 116 valence electrons. The quantitative estimate of drug-likeness (QED) is 0.648. The normalized spacial score (nSPS) is 12.8. The van der Waals surface area contributed by atoms with Crippen LogP contribution in [0.3, 0.4) is 0 Å². The van der Waals surface area contributed by atoms with Gasteiger partial charge in [0.05, 0.1) is 0 Å². The van der Waals surface area contributed by atoms with Crippen molar-refractivity contribution in [1.82, 2.24) is 20.2 Å². The molecule has 11 heteroatoms. The molecule has 0 atom stereocenters. The summed E-state index contributed by atoms with van der Waals surface area (Å²) >= 11 is -0.278. The minimum absolute atomic E-state index is 0.193. The number of H-pyrrole nitrogens is 1. The topological polar surface area (TPSA) is 86.9 Å². The van der Waals surface area contributed by atoms with Crippen LogP contribution < -0.4 is 10.0 Å². The molecule has 1 aromatic rings. The van der Waals surface area contributed by atoms with Crippen molar-refractivity contribution in [2.75, 3.05) is 19.3 Å². The van der Waals surface area contributed by atoms with Gasteiger partial charge in [-0.25, -0.2) is 13.1 Å². The fraction of sp³-hybridized carbons (Fsp3) is 0.667. The van der Waals surface area contributed by atoms with Gasteiger partial charge in [-0.05, 0) is 25.7 Å². The van der Waals surface area contributed by atoms with E-state index in [0.29, 0.717) is 11.3 Å². The fourth-order valence-corrected chi connectivity index (χ4v) is 3.24. The third kappa shape index (κ3) is 4.96. The Kier molecular flexibility index (Phi) is 5.86. The van der Waals surface area contributed by atoms with Gasteiger partial charge < -0.3 is 5.32 Å². The lowest BCUT2D eigenvalue weighted by Gasteiger charge is -2.08. The zero-order chi connectivity index (χ0) is 15.4. The van der Waals surface area contributed by atoms with Gasteiger partial charge in [0.15, 0.2) is 5.03 Å². The highest BCUT2D eigenvalue weighted by Crippen LogP contribution is 2.29. The minimum atomic E-state index is -4.37. The Bertz CT molecular complexity index is 542. The van der Waals surface area contributed by atoms with Crippen LogP contribution in [-0.2, 0) is 16.6 Å². The summed E-state index contributed by atoms with van der Waals surface area (Å²) < 4.78 is 61.8. The van der Waals surface area contributed by atoms with Crippen molar-refractivity contribution >= 4 is 21.8 Å². The number of aromatic nitrogens is 2. The van der Waals surface area contributed by atoms with Crippen molar-refractivity contribution in [1.29, 1.82) is 0 Å². The maximum Gasteiger partial charge on any atom is 0.441 e. The van der Waals surface area contributed by atoms with E-state index in [2.05, 4.69) is 20.2 Å². The van der Waals surface area contributed by atoms with E-state index >= 15 is 0 Å². The molecule has 0 saturated heterocycles. The first-order valence-electron chi connectivity index (χ1n) is 5.56. The molecule has 0 fully saturated rings. The number of nitrogens with zero attached hydrogens (tertiary/aromatic N) is 1. The van der Waals surface area contributed by atoms with Crippen molar-refractivity contribution in [2.24, 2.45) is 0 Å². The lowest BCUT2D eigenvalue weighted by molar-refractivity contribution is -0.0327. The van der Waals surface area contributed by atoms with Crippen LogP contribution in [0.25, 0.3) is 0 Å². The molecule has 0 spiro atoms. The number of hydrogen-bond acceptors (Lipinski definition) is 5. The summed E-state index contributed by atoms with van der Waals surface area (Å²) in [6.45, 7) is 1.63. The Morgan fingerprint density at radius 2 is 2.05 bits per heavy atom. The molecule has 20 heavy (non-hydrogen) atoms. The molecule has 0 aliphatic rings. The number of hydrogen-bond donors (Lipinski definition) is 3. The summed E-state index contributed by atoms with van der Waals surface area (Å²) in [6, 6.07) is 0. The third-order valence-corrected chi connectivity index (χ3v) is 4.47. The SMILES string of the molecule is CNCc1c(S(=O)(=O)NCCSC(F)(F)F)n[nH]c1C. The number of rotatable bonds is 7. The van der Waals surface area contributed by atoms with Gasteiger partial charge in [-0.2, -0.15) is 18.3 Å². The van der Waals surface area contributed by atoms with Crippen LogP contribution in [0.1, 0.15) is 11.3 Å². The van der Waals surface area contributed by atoms with Gasteiger partial charge in [-0.3, -0.25) is 5.10 Å². The highest BCUT2D eigenvalue weighted by atomic mass is 32.2. The molecule has 0 aromatic carbocycles. The van der Waals surface area contributed by atoms with Gasteiger partial charge in [-0.1, -0.05) is 0 Å². The summed E-state index contributed by atoms with van der Waals surface area (Å²) in [5.74, 6) is -0.395. The van der Waals surface area contributed by atoms with E-state index in [-0.39, 0.29) is 29.9 Å². The highest BCUT2D eigenvalue weighted by molar-refractivity contribution is 8.00. The minimum Gasteiger partial charge on any atom is -0.316 e. The van der Waals surface area contributed by atoms with Gasteiger partial charge in [-0.15, -0.1) is 0 Å². The number of nitrogens with one attached hydrogen (secondary N) is 3. The van der Waals surface area contributed by atoms with Gasteiger partial charge in [0.25, 0.3) is 10.0 Å². The highest BCUT2D eigenvalue weighted by Gasteiger charge is 2.28. The molecule has 0 bridgehead atoms. The van der Waals surface area contributed by atoms with Crippen LogP contribution in [0, 0.1) is 6.92 Å². The second-order valence-electron chi connectivity index (χ2n) is 3.85. The number of halogens is 3. The molecule has 3 N–H and O–H groups in total. The second-order valence-corrected chi connectivity index (χ2v) is 6.70. The molecule has 6 nitrogen and oxygen atoms in total. The van der Waals surface area contributed by atoms with E-state index in [4.69, 9.17) is 0 Å². The molecule has 0 aliphatic heterocycles. The van der Waals surface area contributed by atoms with Crippen LogP contribution >= 0.6 is 11.8 Å². The molecule has 0 unspecified atom stereocenters. The molecule has 0 saturated carbocycles. The van der Waals surface area contributed by atoms with E-state index in [1.54, 1.807) is 14.0 Å². The van der Waals surface area contributed by atoms with Gasteiger partial charge in [0, 0.05) is 30.1 Å². The standard InChI is InChI=1S/C9H15F3N4O2S2/c1-6-7(5-13-2)8(16-15-6)20(17,18)14-3-4-19-9(10,11)12/h13-14H,3-5H2,1-2H3,(H,15,16). The maximum atomic E-state index is 12.0. The summed E-state index contributed by atoms with van der Waals surface area (Å²) in [7, 11) is -2.27. The third-order valence-electron chi connectivity index (χ3n) is 2.30. The lowest BCUT2D eigenvalue weighted by atomic mass is 10.3. The Labute approximate surface area is 118 Å². The average molecular weight is 332 g/mol. The lowest BCUT2D eigenvalue weighted by Crippen LogP contribution is -2.28. The molecule has 0 aliphatic carbocycles. The number of thioether (sulfide) groups is 1. The first-order valence-corrected chi connectivity index (χ1v) is 8.03. The van der Waals surface area contributed by atoms with Crippen LogP contribution in [0.2, 0.25) is 0 Å². The number of aryl methyl sites for hydroxylation is 1. The number of aromatic amines is 1. The smallest absolute Gasteiger partial charge is 0.316 e. The summed E-state index contributed by atoms with van der Waals surface area (Å²) in [5.41, 5.74) is -3.32. The molecular formula is C9H15F3N4O2S2. The van der Waals surface area contributed by atoms with Crippen molar-refractivity contribution in [3.8, 4) is 0 Å². The van der Waals surface area contributed by atoms with Crippen LogP contribution in [0.4, 0.5) is 13.2 Å². The van der Waals surface area contributed by atoms with E-state index in [0.717, 1.165) is 0 Å². The Balaban J connectivity index is 2.70. The van der Waals surface area contributed by atoms with E-state index < -0.39 is 21.3 Å². The largest absolute Gasteiger partial charge is 0.441 e. The Morgan fingerprint density at radius 3 is 2.60 bits per heavy atom. The van der Waals surface area contributed by atoms with Crippen LogP contribution in [0.15, 0.2) is 5.03 Å². The molecule has 0 radical (unpaired) electrons. The zero-order valence-corrected chi connectivity index (χ0v) is 12.5. The number of alkyl halides is 3. The Hall–Kier alpha value is -0.780. The summed E-state index contributed by atoms with van der Waals surface area (Å²) in [6.07, 6.45) is 0. The summed E-state index contributed by atoms with van der Waals surface area (Å²) in [4.78, 5) is 0.